The van der Waals surface area contributed by atoms with E-state index in [9.17, 15) is 26.7 Å². The topological polar surface area (TPSA) is 150 Å². The minimum absolute atomic E-state index is 0.0226. The number of nitrogens with one attached hydrogen (secondary N) is 1. The molecule has 0 spiro atoms. The van der Waals surface area contributed by atoms with Crippen molar-refractivity contribution in [3.05, 3.63) is 53.1 Å². The van der Waals surface area contributed by atoms with Crippen LogP contribution in [0, 0.1) is 11.8 Å². The molecule has 4 rings (SSSR count). The first-order valence-corrected chi connectivity index (χ1v) is 20.5. The zero-order valence-corrected chi connectivity index (χ0v) is 30.9. The van der Waals surface area contributed by atoms with E-state index < -0.39 is 32.1 Å². The van der Waals surface area contributed by atoms with Crippen molar-refractivity contribution in [2.75, 3.05) is 37.6 Å². The van der Waals surface area contributed by atoms with Gasteiger partial charge >= 0.3 is 5.97 Å². The third kappa shape index (κ3) is 10.2. The number of hydrogen-bond acceptors (Lipinski definition) is 7. The van der Waals surface area contributed by atoms with Crippen molar-refractivity contribution in [2.45, 2.75) is 106 Å². The molecule has 2 aliphatic heterocycles. The molecular weight excluding hydrogens is 672 g/mol. The first kappa shape index (κ1) is 38.6. The van der Waals surface area contributed by atoms with Gasteiger partial charge in [-0.25, -0.2) is 16.8 Å². The molecule has 0 amide bonds. The summed E-state index contributed by atoms with van der Waals surface area (Å²) in [7, 11) is -7.54. The van der Waals surface area contributed by atoms with Gasteiger partial charge in [-0.15, -0.1) is 0 Å². The quantitative estimate of drug-likeness (QED) is 0.190. The average Bonchev–Trinajstić information content (AvgIpc) is 3.04. The summed E-state index contributed by atoms with van der Waals surface area (Å²) in [6, 6.07) is 10.7. The minimum Gasteiger partial charge on any atom is -0.480 e. The second kappa shape index (κ2) is 16.7. The van der Waals surface area contributed by atoms with Crippen molar-refractivity contribution in [3.8, 4) is 0 Å². The van der Waals surface area contributed by atoms with Gasteiger partial charge < -0.3 is 15.7 Å². The Morgan fingerprint density at radius 2 is 1.46 bits per heavy atom. The average molecular weight is 725 g/mol. The van der Waals surface area contributed by atoms with E-state index in [-0.39, 0.29) is 16.7 Å². The number of halogens is 1. The standard InChI is InChI=1S/C35H53ClN4O6S2/c1-35(2,3)28-10-12-29(13-11-28)48(45,46)40-23-18-27(19-24-40)8-6-7-26-16-21-39(22-17-26)33-15-14-30(25-31(33)36)47(43,44)38-32(34(41)42)9-4-5-20-37/h10-15,25-27,32,38H,4-9,16-24,37H2,1-3H3,(H,41,42). The lowest BCUT2D eigenvalue weighted by atomic mass is 9.87. The van der Waals surface area contributed by atoms with Gasteiger partial charge in [0.2, 0.25) is 20.0 Å². The molecule has 0 radical (unpaired) electrons. The Bertz CT molecular complexity index is 1580. The molecule has 2 aromatic carbocycles. The van der Waals surface area contributed by atoms with Crippen LogP contribution in [0.15, 0.2) is 52.3 Å². The molecule has 2 heterocycles. The molecule has 2 aliphatic rings. The number of carboxylic acids is 1. The zero-order valence-electron chi connectivity index (χ0n) is 28.5. The molecule has 2 saturated heterocycles. The Morgan fingerprint density at radius 3 is 1.98 bits per heavy atom. The Kier molecular flexibility index (Phi) is 13.4. The highest BCUT2D eigenvalue weighted by Crippen LogP contribution is 2.34. The molecule has 0 aliphatic carbocycles. The van der Waals surface area contributed by atoms with Crippen molar-refractivity contribution in [3.63, 3.8) is 0 Å². The van der Waals surface area contributed by atoms with E-state index in [4.69, 9.17) is 17.3 Å². The molecule has 2 fully saturated rings. The lowest BCUT2D eigenvalue weighted by Crippen LogP contribution is -2.40. The molecule has 10 nitrogen and oxygen atoms in total. The van der Waals surface area contributed by atoms with Gasteiger partial charge in [-0.3, -0.25) is 4.79 Å². The molecule has 268 valence electrons. The fraction of sp³-hybridized carbons (Fsp3) is 0.629. The van der Waals surface area contributed by atoms with Crippen molar-refractivity contribution >= 4 is 43.3 Å². The number of benzene rings is 2. The largest absolute Gasteiger partial charge is 0.480 e. The van der Waals surface area contributed by atoms with Crippen molar-refractivity contribution in [1.29, 1.82) is 0 Å². The highest BCUT2D eigenvalue weighted by atomic mass is 35.5. The van der Waals surface area contributed by atoms with Crippen LogP contribution in [0.25, 0.3) is 0 Å². The smallest absolute Gasteiger partial charge is 0.321 e. The fourth-order valence-electron chi connectivity index (χ4n) is 6.76. The number of piperidine rings is 2. The number of nitrogens with zero attached hydrogens (tertiary/aromatic N) is 2. The summed E-state index contributed by atoms with van der Waals surface area (Å²) in [5.74, 6) is -0.0807. The molecule has 1 unspecified atom stereocenters. The van der Waals surface area contributed by atoms with Gasteiger partial charge in [0, 0.05) is 26.2 Å². The number of sulfonamides is 2. The number of hydrogen-bond donors (Lipinski definition) is 3. The van der Waals surface area contributed by atoms with Crippen molar-refractivity contribution in [1.82, 2.24) is 9.03 Å². The van der Waals surface area contributed by atoms with Gasteiger partial charge in [0.25, 0.3) is 0 Å². The molecule has 0 aromatic heterocycles. The van der Waals surface area contributed by atoms with Crippen molar-refractivity contribution in [2.24, 2.45) is 17.6 Å². The number of carbonyl (C=O) groups is 1. The highest BCUT2D eigenvalue weighted by molar-refractivity contribution is 7.89. The predicted molar refractivity (Wildman–Crippen MR) is 192 cm³/mol. The number of carboxylic acid groups (broad SMARTS) is 1. The second-order valence-electron chi connectivity index (χ2n) is 14.4. The van der Waals surface area contributed by atoms with Gasteiger partial charge in [0.05, 0.1) is 20.5 Å². The van der Waals surface area contributed by atoms with Crippen LogP contribution in [0.2, 0.25) is 5.02 Å². The number of rotatable bonds is 15. The maximum Gasteiger partial charge on any atom is 0.321 e. The van der Waals surface area contributed by atoms with Crippen LogP contribution < -0.4 is 15.4 Å². The van der Waals surface area contributed by atoms with E-state index in [1.165, 1.54) is 12.1 Å². The van der Waals surface area contributed by atoms with Crippen LogP contribution >= 0.6 is 11.6 Å². The molecular formula is C35H53ClN4O6S2. The molecule has 0 saturated carbocycles. The summed E-state index contributed by atoms with van der Waals surface area (Å²) in [6.07, 6.45) is 8.47. The van der Waals surface area contributed by atoms with Crippen LogP contribution in [-0.4, -0.2) is 71.0 Å². The SMILES string of the molecule is CC(C)(C)c1ccc(S(=O)(=O)N2CCC(CCCC3CCN(c4ccc(S(=O)(=O)NC(CCCCN)C(=O)O)cc4Cl)CC3)CC2)cc1. The monoisotopic (exact) mass is 724 g/mol. The van der Waals surface area contributed by atoms with Gasteiger partial charge in [-0.1, -0.05) is 70.2 Å². The van der Waals surface area contributed by atoms with E-state index in [0.29, 0.717) is 54.2 Å². The molecule has 4 N–H and O–H groups in total. The Hall–Kier alpha value is -2.22. The van der Waals surface area contributed by atoms with Gasteiger partial charge in [-0.2, -0.15) is 9.03 Å². The van der Waals surface area contributed by atoms with Gasteiger partial charge in [-0.05, 0) is 98.2 Å². The first-order chi connectivity index (χ1) is 22.6. The minimum atomic E-state index is -4.07. The Labute approximate surface area is 292 Å². The summed E-state index contributed by atoms with van der Waals surface area (Å²) >= 11 is 6.57. The van der Waals surface area contributed by atoms with Crippen LogP contribution in [0.3, 0.4) is 0 Å². The number of nitrogens with two attached hydrogens (primary N) is 1. The predicted octanol–water partition coefficient (Wildman–Crippen LogP) is 5.99. The molecule has 2 aromatic rings. The van der Waals surface area contributed by atoms with E-state index >= 15 is 0 Å². The van der Waals surface area contributed by atoms with Crippen LogP contribution in [-0.2, 0) is 30.3 Å². The van der Waals surface area contributed by atoms with Crippen molar-refractivity contribution < 1.29 is 26.7 Å². The van der Waals surface area contributed by atoms with Crippen LogP contribution in [0.1, 0.15) is 90.5 Å². The number of aliphatic carboxylic acids is 1. The lowest BCUT2D eigenvalue weighted by molar-refractivity contribution is -0.139. The Balaban J connectivity index is 1.20. The van der Waals surface area contributed by atoms with Gasteiger partial charge in [0.1, 0.15) is 6.04 Å². The Morgan fingerprint density at radius 1 is 0.896 bits per heavy atom. The molecule has 48 heavy (non-hydrogen) atoms. The summed E-state index contributed by atoms with van der Waals surface area (Å²) in [6.45, 7) is 9.55. The fourth-order valence-corrected chi connectivity index (χ4v) is 9.85. The lowest BCUT2D eigenvalue weighted by Gasteiger charge is -2.35. The molecule has 1 atom stereocenters. The van der Waals surface area contributed by atoms with E-state index in [1.807, 2.05) is 12.1 Å². The normalized spacial score (nSPS) is 18.2. The third-order valence-corrected chi connectivity index (χ3v) is 13.6. The second-order valence-corrected chi connectivity index (χ2v) is 18.5. The van der Waals surface area contributed by atoms with E-state index in [2.05, 4.69) is 30.4 Å². The van der Waals surface area contributed by atoms with Crippen LogP contribution in [0.4, 0.5) is 5.69 Å². The zero-order chi connectivity index (χ0) is 35.1. The third-order valence-electron chi connectivity index (χ3n) is 9.88. The summed E-state index contributed by atoms with van der Waals surface area (Å²) in [5, 5.41) is 9.80. The van der Waals surface area contributed by atoms with E-state index in [0.717, 1.165) is 69.3 Å². The molecule has 0 bridgehead atoms. The summed E-state index contributed by atoms with van der Waals surface area (Å²) < 4.78 is 56.3. The van der Waals surface area contributed by atoms with E-state index in [1.54, 1.807) is 22.5 Å². The maximum atomic E-state index is 13.2. The van der Waals surface area contributed by atoms with Crippen LogP contribution in [0.5, 0.6) is 0 Å². The molecule has 13 heteroatoms. The highest BCUT2D eigenvalue weighted by Gasteiger charge is 2.30. The number of unbranched alkanes of at least 4 members (excludes halogenated alkanes) is 1. The first-order valence-electron chi connectivity index (χ1n) is 17.2. The maximum absolute atomic E-state index is 13.2. The summed E-state index contributed by atoms with van der Waals surface area (Å²) in [5.41, 5.74) is 7.35. The number of anilines is 1. The van der Waals surface area contributed by atoms with Gasteiger partial charge in [0.15, 0.2) is 0 Å². The summed E-state index contributed by atoms with van der Waals surface area (Å²) in [4.78, 5) is 14.1.